The van der Waals surface area contributed by atoms with Crippen molar-refractivity contribution in [2.75, 3.05) is 14.2 Å². The van der Waals surface area contributed by atoms with E-state index in [1.165, 1.54) is 25.6 Å². The van der Waals surface area contributed by atoms with Crippen LogP contribution in [0.4, 0.5) is 0 Å². The maximum Gasteiger partial charge on any atom is 0.341 e. The molecular formula is C10H9NO4S. The van der Waals surface area contributed by atoms with Gasteiger partial charge in [-0.2, -0.15) is 0 Å². The Labute approximate surface area is 95.2 Å². The maximum atomic E-state index is 11.6. The van der Waals surface area contributed by atoms with Gasteiger partial charge >= 0.3 is 11.9 Å². The average molecular weight is 239 g/mol. The van der Waals surface area contributed by atoms with E-state index < -0.39 is 11.9 Å². The lowest BCUT2D eigenvalue weighted by Gasteiger charge is -1.99. The molecular weight excluding hydrogens is 230 g/mol. The lowest BCUT2D eigenvalue weighted by molar-refractivity contribution is 0.0558. The van der Waals surface area contributed by atoms with E-state index in [0.717, 1.165) is 0 Å². The summed E-state index contributed by atoms with van der Waals surface area (Å²) in [5, 5.41) is 1.82. The Morgan fingerprint density at radius 2 is 1.94 bits per heavy atom. The topological polar surface area (TPSA) is 57.0 Å². The molecule has 2 aromatic heterocycles. The SMILES string of the molecule is COC(=O)c1cn2ccsc2c1C(=O)OC. The van der Waals surface area contributed by atoms with E-state index in [2.05, 4.69) is 9.47 Å². The number of carbonyl (C=O) groups excluding carboxylic acids is 2. The first kappa shape index (κ1) is 10.7. The molecule has 0 bridgehead atoms. The van der Waals surface area contributed by atoms with Gasteiger partial charge in [0.2, 0.25) is 0 Å². The summed E-state index contributed by atoms with van der Waals surface area (Å²) in [4.78, 5) is 23.7. The Bertz CT molecular complexity index is 554. The van der Waals surface area contributed by atoms with Gasteiger partial charge in [0.25, 0.3) is 0 Å². The number of fused-ring (bicyclic) bond motifs is 1. The molecule has 0 aliphatic rings. The van der Waals surface area contributed by atoms with E-state index in [-0.39, 0.29) is 11.1 Å². The van der Waals surface area contributed by atoms with Gasteiger partial charge in [-0.15, -0.1) is 11.3 Å². The Kier molecular flexibility index (Phi) is 2.66. The molecule has 0 saturated heterocycles. The summed E-state index contributed by atoms with van der Waals surface area (Å²) in [7, 11) is 2.55. The quantitative estimate of drug-likeness (QED) is 0.746. The maximum absolute atomic E-state index is 11.6. The second-order valence-corrected chi connectivity index (χ2v) is 3.91. The van der Waals surface area contributed by atoms with E-state index in [0.29, 0.717) is 4.83 Å². The van der Waals surface area contributed by atoms with Crippen LogP contribution in [0.1, 0.15) is 20.7 Å². The molecule has 0 spiro atoms. The third-order valence-electron chi connectivity index (χ3n) is 2.18. The summed E-state index contributed by atoms with van der Waals surface area (Å²) in [6.07, 6.45) is 3.32. The minimum Gasteiger partial charge on any atom is -0.465 e. The second kappa shape index (κ2) is 3.97. The van der Waals surface area contributed by atoms with Crippen LogP contribution in [0.25, 0.3) is 4.83 Å². The Morgan fingerprint density at radius 1 is 1.25 bits per heavy atom. The van der Waals surface area contributed by atoms with Crippen LogP contribution in [0, 0.1) is 0 Å². The number of hydrogen-bond acceptors (Lipinski definition) is 5. The fraction of sp³-hybridized carbons (Fsp3) is 0.200. The minimum absolute atomic E-state index is 0.223. The predicted octanol–water partition coefficient (Wildman–Crippen LogP) is 1.57. The summed E-state index contributed by atoms with van der Waals surface area (Å²) < 4.78 is 11.0. The van der Waals surface area contributed by atoms with Crippen molar-refractivity contribution in [3.05, 3.63) is 28.9 Å². The first-order chi connectivity index (χ1) is 7.69. The molecule has 0 unspecified atom stereocenters. The summed E-state index contributed by atoms with van der Waals surface area (Å²) >= 11 is 1.36. The molecule has 0 atom stereocenters. The molecule has 84 valence electrons. The number of methoxy groups -OCH3 is 2. The number of hydrogen-bond donors (Lipinski definition) is 0. The molecule has 2 heterocycles. The molecule has 0 amide bonds. The fourth-order valence-corrected chi connectivity index (χ4v) is 2.33. The largest absolute Gasteiger partial charge is 0.465 e. The molecule has 0 aliphatic carbocycles. The van der Waals surface area contributed by atoms with Crippen LogP contribution in [0.2, 0.25) is 0 Å². The van der Waals surface area contributed by atoms with Crippen molar-refractivity contribution in [2.45, 2.75) is 0 Å². The Balaban J connectivity index is 2.67. The van der Waals surface area contributed by atoms with Gasteiger partial charge in [-0.1, -0.05) is 0 Å². The highest BCUT2D eigenvalue weighted by molar-refractivity contribution is 7.16. The smallest absolute Gasteiger partial charge is 0.341 e. The van der Waals surface area contributed by atoms with Gasteiger partial charge in [0.1, 0.15) is 10.4 Å². The van der Waals surface area contributed by atoms with Crippen LogP contribution in [-0.4, -0.2) is 30.6 Å². The number of aromatic nitrogens is 1. The summed E-state index contributed by atoms with van der Waals surface area (Å²) in [5.41, 5.74) is 0.477. The number of rotatable bonds is 2. The number of esters is 2. The number of nitrogens with zero attached hydrogens (tertiary/aromatic N) is 1. The van der Waals surface area contributed by atoms with Gasteiger partial charge in [-0.3, -0.25) is 0 Å². The average Bonchev–Trinajstić information content (AvgIpc) is 2.86. The zero-order valence-corrected chi connectivity index (χ0v) is 9.54. The van der Waals surface area contributed by atoms with Gasteiger partial charge in [-0.05, 0) is 0 Å². The third-order valence-corrected chi connectivity index (χ3v) is 3.08. The molecule has 0 aromatic carbocycles. The molecule has 5 nitrogen and oxygen atoms in total. The molecule has 2 aromatic rings. The van der Waals surface area contributed by atoms with Crippen molar-refractivity contribution >= 4 is 28.1 Å². The van der Waals surface area contributed by atoms with Gasteiger partial charge < -0.3 is 13.9 Å². The number of ether oxygens (including phenoxy) is 2. The van der Waals surface area contributed by atoms with Crippen molar-refractivity contribution in [3.63, 3.8) is 0 Å². The summed E-state index contributed by atoms with van der Waals surface area (Å²) in [6.45, 7) is 0. The highest BCUT2D eigenvalue weighted by atomic mass is 32.1. The molecule has 0 N–H and O–H groups in total. The zero-order valence-electron chi connectivity index (χ0n) is 8.72. The Hall–Kier alpha value is -1.82. The van der Waals surface area contributed by atoms with Crippen LogP contribution in [-0.2, 0) is 9.47 Å². The first-order valence-corrected chi connectivity index (χ1v) is 5.31. The lowest BCUT2D eigenvalue weighted by atomic mass is 10.2. The molecule has 16 heavy (non-hydrogen) atoms. The summed E-state index contributed by atoms with van der Waals surface area (Å²) in [5.74, 6) is -1.08. The minimum atomic E-state index is -0.545. The van der Waals surface area contributed by atoms with Gasteiger partial charge in [-0.25, -0.2) is 9.59 Å². The molecule has 0 radical (unpaired) electrons. The van der Waals surface area contributed by atoms with Gasteiger partial charge in [0.05, 0.1) is 19.8 Å². The lowest BCUT2D eigenvalue weighted by Crippen LogP contribution is -2.09. The van der Waals surface area contributed by atoms with E-state index in [4.69, 9.17) is 0 Å². The Morgan fingerprint density at radius 3 is 2.56 bits per heavy atom. The van der Waals surface area contributed by atoms with Crippen molar-refractivity contribution in [3.8, 4) is 0 Å². The highest BCUT2D eigenvalue weighted by Crippen LogP contribution is 2.24. The second-order valence-electron chi connectivity index (χ2n) is 3.02. The highest BCUT2D eigenvalue weighted by Gasteiger charge is 2.24. The van der Waals surface area contributed by atoms with E-state index >= 15 is 0 Å². The van der Waals surface area contributed by atoms with Crippen molar-refractivity contribution in [1.29, 1.82) is 0 Å². The number of carbonyl (C=O) groups is 2. The first-order valence-electron chi connectivity index (χ1n) is 4.43. The van der Waals surface area contributed by atoms with Gasteiger partial charge in [0.15, 0.2) is 0 Å². The molecule has 2 rings (SSSR count). The third kappa shape index (κ3) is 1.47. The normalized spacial score (nSPS) is 10.4. The monoisotopic (exact) mass is 239 g/mol. The molecule has 0 saturated carbocycles. The van der Waals surface area contributed by atoms with Crippen LogP contribution in [0.15, 0.2) is 17.8 Å². The van der Waals surface area contributed by atoms with Crippen LogP contribution in [0.3, 0.4) is 0 Å². The molecule has 0 fully saturated rings. The summed E-state index contributed by atoms with van der Waals surface area (Å²) in [6, 6.07) is 0. The van der Waals surface area contributed by atoms with Crippen molar-refractivity contribution < 1.29 is 19.1 Å². The zero-order chi connectivity index (χ0) is 11.7. The fourth-order valence-electron chi connectivity index (χ4n) is 1.46. The van der Waals surface area contributed by atoms with E-state index in [9.17, 15) is 9.59 Å². The number of thiazole rings is 1. The van der Waals surface area contributed by atoms with Crippen molar-refractivity contribution in [2.24, 2.45) is 0 Å². The van der Waals surface area contributed by atoms with E-state index in [1.807, 2.05) is 5.38 Å². The van der Waals surface area contributed by atoms with Gasteiger partial charge in [0, 0.05) is 17.8 Å². The van der Waals surface area contributed by atoms with E-state index in [1.54, 1.807) is 16.8 Å². The standard InChI is InChI=1S/C10H9NO4S/c1-14-9(12)6-5-11-3-4-16-8(11)7(6)10(13)15-2/h3-5H,1-2H3. The molecule has 0 aliphatic heterocycles. The van der Waals surface area contributed by atoms with Crippen LogP contribution >= 0.6 is 11.3 Å². The predicted molar refractivity (Wildman–Crippen MR) is 58.0 cm³/mol. The van der Waals surface area contributed by atoms with Crippen LogP contribution < -0.4 is 0 Å². The van der Waals surface area contributed by atoms with Crippen molar-refractivity contribution in [1.82, 2.24) is 4.40 Å². The molecule has 6 heteroatoms. The van der Waals surface area contributed by atoms with Crippen LogP contribution in [0.5, 0.6) is 0 Å².